The number of rotatable bonds is 0. The summed E-state index contributed by atoms with van der Waals surface area (Å²) >= 11 is 0. The van der Waals surface area contributed by atoms with Gasteiger partial charge < -0.3 is 9.78 Å². The van der Waals surface area contributed by atoms with Gasteiger partial charge in [-0.25, -0.2) is 12.1 Å². The normalized spacial score (nSPS) is 13.4. The molecule has 0 bridgehead atoms. The van der Waals surface area contributed by atoms with Crippen LogP contribution in [0.4, 0.5) is 0 Å². The summed E-state index contributed by atoms with van der Waals surface area (Å²) < 4.78 is 0. The minimum absolute atomic E-state index is 0. The first kappa shape index (κ1) is 20.0. The number of Topliss-reactive ketones (excluding diaryl/α,β-unsaturated/α-hetero) is 1. The van der Waals surface area contributed by atoms with Crippen LogP contribution in [0.1, 0.15) is 40.9 Å². The fourth-order valence-electron chi connectivity index (χ4n) is 2.95. The van der Waals surface area contributed by atoms with Gasteiger partial charge in [-0.2, -0.15) is 0 Å². The van der Waals surface area contributed by atoms with E-state index >= 15 is 0 Å². The molecule has 0 saturated heterocycles. The van der Waals surface area contributed by atoms with Gasteiger partial charge in [0.05, 0.1) is 0 Å². The number of carbonyl (C=O) groups is 1. The Balaban J connectivity index is 0.000000230. The summed E-state index contributed by atoms with van der Waals surface area (Å²) in [5.41, 5.74) is 4.93. The van der Waals surface area contributed by atoms with E-state index in [0.29, 0.717) is 0 Å². The minimum atomic E-state index is -0.508. The van der Waals surface area contributed by atoms with Gasteiger partial charge in [-0.3, -0.25) is 25.0 Å². The van der Waals surface area contributed by atoms with Crippen LogP contribution in [-0.2, 0) is 26.5 Å². The van der Waals surface area contributed by atoms with Crippen molar-refractivity contribution in [3.8, 4) is 11.3 Å². The van der Waals surface area contributed by atoms with Crippen LogP contribution in [0, 0.1) is 19.9 Å². The average Bonchev–Trinajstić information content (AvgIpc) is 2.63. The molecule has 0 unspecified atom stereocenters. The van der Waals surface area contributed by atoms with Gasteiger partial charge in [-0.1, -0.05) is 17.2 Å². The second-order valence-corrected chi connectivity index (χ2v) is 6.58. The molecule has 1 heterocycles. The number of ketones is 1. The summed E-state index contributed by atoms with van der Waals surface area (Å²) in [7, 11) is 0. The Morgan fingerprint density at radius 3 is 2.23 bits per heavy atom. The fraction of sp³-hybridized carbons (Fsp3) is 0.130. The minimum Gasteiger partial charge on any atom is -0.304 e. The summed E-state index contributed by atoms with van der Waals surface area (Å²) in [5, 5.41) is 0. The smallest absolute Gasteiger partial charge is 0.131 e. The van der Waals surface area contributed by atoms with Gasteiger partial charge >= 0.3 is 0 Å². The second-order valence-electron chi connectivity index (χ2n) is 6.58. The molecule has 0 saturated carbocycles. The molecule has 0 radical (unpaired) electrons. The van der Waals surface area contributed by atoms with Crippen LogP contribution < -0.4 is 0 Å². The van der Waals surface area contributed by atoms with Gasteiger partial charge in [0.1, 0.15) is 5.78 Å². The summed E-state index contributed by atoms with van der Waals surface area (Å²) in [4.78, 5) is 16.9. The van der Waals surface area contributed by atoms with Crippen molar-refractivity contribution in [3.63, 3.8) is 0 Å². The van der Waals surface area contributed by atoms with Crippen molar-refractivity contribution >= 4 is 5.78 Å². The predicted octanol–water partition coefficient (Wildman–Crippen LogP) is 5.07. The maximum absolute atomic E-state index is 12.5. The molecule has 1 aromatic heterocycles. The third kappa shape index (κ3) is 3.61. The number of pyridine rings is 1. The molecule has 2 aromatic carbocycles. The van der Waals surface area contributed by atoms with E-state index in [1.807, 2.05) is 68.4 Å². The number of nitrogens with zero attached hydrogens (tertiary/aromatic N) is 1. The van der Waals surface area contributed by atoms with Crippen LogP contribution in [0.15, 0.2) is 60.8 Å². The Bertz CT molecular complexity index is 910. The van der Waals surface area contributed by atoms with Crippen molar-refractivity contribution < 1.29 is 25.9 Å². The Kier molecular flexibility index (Phi) is 6.10. The Morgan fingerprint density at radius 1 is 0.962 bits per heavy atom. The first-order valence-corrected chi connectivity index (χ1v) is 8.17. The standard InChI is InChI=1S/C15H12NO.C8H8.Pt/c1-15(2)12-8-5-9-16-13(12)10-6-3-4-7-11(10)14(15)17;1-7-5-3-4-6-8(7)2;/h3-5,7-9H,1-2H3;3-6H,1-2H2;/q-1;-2;. The molecule has 1 aliphatic carbocycles. The molecular weight excluding hydrogens is 501 g/mol. The van der Waals surface area contributed by atoms with Crippen molar-refractivity contribution in [2.75, 3.05) is 0 Å². The first-order chi connectivity index (χ1) is 11.9. The van der Waals surface area contributed by atoms with E-state index in [4.69, 9.17) is 0 Å². The molecule has 136 valence electrons. The average molecular weight is 521 g/mol. The molecule has 0 amide bonds. The predicted molar refractivity (Wildman–Crippen MR) is 101 cm³/mol. The molecule has 0 atom stereocenters. The zero-order chi connectivity index (χ0) is 18.0. The quantitative estimate of drug-likeness (QED) is 0.387. The monoisotopic (exact) mass is 521 g/mol. The molecule has 3 heteroatoms. The van der Waals surface area contributed by atoms with Crippen LogP contribution in [-0.4, -0.2) is 10.8 Å². The molecule has 1 aliphatic rings. The molecule has 3 aromatic rings. The number of hydrogen-bond acceptors (Lipinski definition) is 2. The van der Waals surface area contributed by atoms with Gasteiger partial charge in [-0.15, -0.1) is 42.0 Å². The fourth-order valence-corrected chi connectivity index (χ4v) is 2.95. The van der Waals surface area contributed by atoms with Crippen LogP contribution in [0.3, 0.4) is 0 Å². The van der Waals surface area contributed by atoms with E-state index in [9.17, 15) is 4.79 Å². The maximum Gasteiger partial charge on any atom is 0.131 e. The van der Waals surface area contributed by atoms with E-state index in [-0.39, 0.29) is 26.8 Å². The number of hydrogen-bond donors (Lipinski definition) is 0. The van der Waals surface area contributed by atoms with Gasteiger partial charge in [0.15, 0.2) is 0 Å². The summed E-state index contributed by atoms with van der Waals surface area (Å²) in [6, 6.07) is 20.3. The number of carbonyl (C=O) groups excluding carboxylic acids is 1. The van der Waals surface area contributed by atoms with E-state index in [0.717, 1.165) is 33.5 Å². The number of benzene rings is 2. The van der Waals surface area contributed by atoms with Gasteiger partial charge in [-0.05, 0) is 25.6 Å². The first-order valence-electron chi connectivity index (χ1n) is 8.17. The molecule has 0 N–H and O–H groups in total. The summed E-state index contributed by atoms with van der Waals surface area (Å²) in [6.07, 6.45) is 1.76. The molecule has 26 heavy (non-hydrogen) atoms. The molecule has 0 aliphatic heterocycles. The Morgan fingerprint density at radius 2 is 1.62 bits per heavy atom. The largest absolute Gasteiger partial charge is 0.304 e. The summed E-state index contributed by atoms with van der Waals surface area (Å²) in [6.45, 7) is 11.4. The second kappa shape index (κ2) is 7.93. The maximum atomic E-state index is 12.5. The van der Waals surface area contributed by atoms with Crippen molar-refractivity contribution in [2.24, 2.45) is 0 Å². The van der Waals surface area contributed by atoms with Crippen molar-refractivity contribution in [3.05, 3.63) is 103 Å². The van der Waals surface area contributed by atoms with E-state index in [1.165, 1.54) is 0 Å². The van der Waals surface area contributed by atoms with E-state index in [1.54, 1.807) is 6.20 Å². The third-order valence-corrected chi connectivity index (χ3v) is 4.50. The molecule has 4 rings (SSSR count). The molecule has 0 fully saturated rings. The van der Waals surface area contributed by atoms with E-state index in [2.05, 4.69) is 24.9 Å². The summed E-state index contributed by atoms with van der Waals surface area (Å²) in [5.74, 6) is 0.143. The molecule has 2 nitrogen and oxygen atoms in total. The van der Waals surface area contributed by atoms with Crippen LogP contribution in [0.5, 0.6) is 0 Å². The topological polar surface area (TPSA) is 30.0 Å². The van der Waals surface area contributed by atoms with Crippen LogP contribution in [0.2, 0.25) is 0 Å². The van der Waals surface area contributed by atoms with Crippen molar-refractivity contribution in [1.82, 2.24) is 4.98 Å². The number of aromatic nitrogens is 1. The van der Waals surface area contributed by atoms with Crippen molar-refractivity contribution in [2.45, 2.75) is 19.3 Å². The third-order valence-electron chi connectivity index (χ3n) is 4.50. The van der Waals surface area contributed by atoms with Gasteiger partial charge in [0.25, 0.3) is 0 Å². The van der Waals surface area contributed by atoms with Crippen molar-refractivity contribution in [1.29, 1.82) is 0 Å². The van der Waals surface area contributed by atoms with Gasteiger partial charge in [0, 0.05) is 32.7 Å². The van der Waals surface area contributed by atoms with Crippen LogP contribution >= 0.6 is 0 Å². The number of fused-ring (bicyclic) bond motifs is 3. The zero-order valence-electron chi connectivity index (χ0n) is 14.9. The Hall–Kier alpha value is -2.31. The SMILES string of the molecule is CC1(C)C(=O)c2ccc[c-]c2-c2ncccc21.[CH2-]c1ccccc1[CH2-].[Pt]. The molecule has 0 spiro atoms. The van der Waals surface area contributed by atoms with Crippen LogP contribution in [0.25, 0.3) is 11.3 Å². The zero-order valence-corrected chi connectivity index (χ0v) is 17.1. The molecular formula is C23H20NOPt-3. The van der Waals surface area contributed by atoms with E-state index < -0.39 is 5.41 Å². The van der Waals surface area contributed by atoms with Gasteiger partial charge in [0.2, 0.25) is 0 Å². The Labute approximate surface area is 170 Å².